The summed E-state index contributed by atoms with van der Waals surface area (Å²) in [5.41, 5.74) is 5.49. The third-order valence-electron chi connectivity index (χ3n) is 5.55. The summed E-state index contributed by atoms with van der Waals surface area (Å²) in [5, 5.41) is 0.299. The Hall–Kier alpha value is -3.44. The number of halogens is 2. The summed E-state index contributed by atoms with van der Waals surface area (Å²) in [6.45, 7) is 1.21. The van der Waals surface area contributed by atoms with E-state index in [0.717, 1.165) is 15.0 Å². The van der Waals surface area contributed by atoms with E-state index in [-0.39, 0.29) is 0 Å². The van der Waals surface area contributed by atoms with Crippen LogP contribution in [0.3, 0.4) is 0 Å². The average molecular weight is 579 g/mol. The lowest BCUT2D eigenvalue weighted by Gasteiger charge is -2.09. The minimum absolute atomic E-state index is 0.299. The van der Waals surface area contributed by atoms with Gasteiger partial charge in [-0.05, 0) is 11.1 Å². The van der Waals surface area contributed by atoms with E-state index in [2.05, 4.69) is 71.4 Å². The van der Waals surface area contributed by atoms with Crippen LogP contribution in [-0.4, -0.2) is 39.0 Å². The standard InChI is InChI=1S/C24H16ClIN8/c25-20-19-22(30-14-28-20)33(11-15-7-3-1-4-8-15)23(31-19)17-18-21(29-13-27-17)34(24(26)32-18)12-16-9-5-2-6-10-16/h1-10,13-14H,11-12H2. The van der Waals surface area contributed by atoms with Crippen molar-refractivity contribution in [3.8, 4) is 11.5 Å². The minimum Gasteiger partial charge on any atom is -0.303 e. The van der Waals surface area contributed by atoms with Gasteiger partial charge in [-0.2, -0.15) is 0 Å². The van der Waals surface area contributed by atoms with Gasteiger partial charge >= 0.3 is 0 Å². The van der Waals surface area contributed by atoms with Crippen LogP contribution in [0.5, 0.6) is 0 Å². The monoisotopic (exact) mass is 578 g/mol. The van der Waals surface area contributed by atoms with E-state index in [9.17, 15) is 0 Å². The molecule has 0 spiro atoms. The van der Waals surface area contributed by atoms with Crippen molar-refractivity contribution in [2.45, 2.75) is 13.1 Å². The van der Waals surface area contributed by atoms with E-state index >= 15 is 0 Å². The number of hydrogen-bond donors (Lipinski definition) is 0. The zero-order valence-corrected chi connectivity index (χ0v) is 20.6. The lowest BCUT2D eigenvalue weighted by atomic mass is 10.2. The maximum absolute atomic E-state index is 6.39. The summed E-state index contributed by atoms with van der Waals surface area (Å²) in [7, 11) is 0. The lowest BCUT2D eigenvalue weighted by Crippen LogP contribution is -2.05. The number of benzene rings is 2. The summed E-state index contributed by atoms with van der Waals surface area (Å²) >= 11 is 8.63. The Balaban J connectivity index is 1.55. The molecule has 0 atom stereocenters. The summed E-state index contributed by atoms with van der Waals surface area (Å²) in [6, 6.07) is 20.4. The summed E-state index contributed by atoms with van der Waals surface area (Å²) in [5.74, 6) is 0.620. The van der Waals surface area contributed by atoms with Gasteiger partial charge in [0, 0.05) is 22.6 Å². The van der Waals surface area contributed by atoms with Crippen LogP contribution < -0.4 is 0 Å². The normalized spacial score (nSPS) is 11.5. The van der Waals surface area contributed by atoms with Gasteiger partial charge in [0.05, 0.1) is 13.1 Å². The molecule has 8 nitrogen and oxygen atoms in total. The molecule has 0 saturated carbocycles. The average Bonchev–Trinajstić information content (AvgIpc) is 3.39. The third kappa shape index (κ3) is 3.70. The van der Waals surface area contributed by atoms with Gasteiger partial charge in [0.1, 0.15) is 29.4 Å². The molecule has 0 radical (unpaired) electrons. The fourth-order valence-electron chi connectivity index (χ4n) is 3.99. The highest BCUT2D eigenvalue weighted by Gasteiger charge is 2.23. The highest BCUT2D eigenvalue weighted by molar-refractivity contribution is 14.1. The van der Waals surface area contributed by atoms with Crippen LogP contribution in [0.4, 0.5) is 0 Å². The summed E-state index contributed by atoms with van der Waals surface area (Å²) in [6.07, 6.45) is 3.00. The molecule has 6 rings (SSSR count). The molecule has 4 heterocycles. The van der Waals surface area contributed by atoms with Gasteiger partial charge < -0.3 is 4.57 Å². The highest BCUT2D eigenvalue weighted by Crippen LogP contribution is 2.31. The molecular weight excluding hydrogens is 563 g/mol. The highest BCUT2D eigenvalue weighted by atomic mass is 127. The SMILES string of the molecule is Clc1ncnc2c1nc(-c1ncnc3c1nc(I)n3Cc1ccccc1)n2Cc1ccccc1. The zero-order valence-electron chi connectivity index (χ0n) is 17.7. The molecule has 0 unspecified atom stereocenters. The van der Waals surface area contributed by atoms with Gasteiger partial charge in [-0.25, -0.2) is 29.9 Å². The molecule has 10 heteroatoms. The predicted octanol–water partition coefficient (Wildman–Crippen LogP) is 4.99. The van der Waals surface area contributed by atoms with E-state index in [0.29, 0.717) is 46.4 Å². The predicted molar refractivity (Wildman–Crippen MR) is 138 cm³/mol. The third-order valence-corrected chi connectivity index (χ3v) is 6.65. The van der Waals surface area contributed by atoms with Crippen molar-refractivity contribution in [1.82, 2.24) is 39.0 Å². The van der Waals surface area contributed by atoms with Crippen LogP contribution in [0.1, 0.15) is 11.1 Å². The van der Waals surface area contributed by atoms with Crippen LogP contribution in [-0.2, 0) is 13.1 Å². The van der Waals surface area contributed by atoms with Crippen molar-refractivity contribution < 1.29 is 0 Å². The van der Waals surface area contributed by atoms with Crippen LogP contribution >= 0.6 is 34.2 Å². The molecule has 166 valence electrons. The molecule has 2 aromatic carbocycles. The maximum Gasteiger partial charge on any atom is 0.173 e. The Morgan fingerprint density at radius 2 is 1.26 bits per heavy atom. The minimum atomic E-state index is 0.299. The van der Waals surface area contributed by atoms with Crippen LogP contribution in [0, 0.1) is 3.83 Å². The first-order valence-corrected chi connectivity index (χ1v) is 12.0. The van der Waals surface area contributed by atoms with Crippen molar-refractivity contribution in [3.63, 3.8) is 0 Å². The van der Waals surface area contributed by atoms with E-state index in [1.165, 1.54) is 11.9 Å². The maximum atomic E-state index is 6.39. The molecule has 0 N–H and O–H groups in total. The van der Waals surface area contributed by atoms with Crippen molar-refractivity contribution in [2.75, 3.05) is 0 Å². The van der Waals surface area contributed by atoms with Crippen LogP contribution in [0.2, 0.25) is 5.15 Å². The van der Waals surface area contributed by atoms with Gasteiger partial charge in [0.2, 0.25) is 0 Å². The number of rotatable bonds is 5. The number of aromatic nitrogens is 8. The first-order valence-electron chi connectivity index (χ1n) is 10.5. The molecule has 0 aliphatic carbocycles. The van der Waals surface area contributed by atoms with Crippen molar-refractivity contribution >= 4 is 56.5 Å². The fraction of sp³-hybridized carbons (Fsp3) is 0.0833. The second-order valence-corrected chi connectivity index (χ2v) is 9.01. The number of hydrogen-bond acceptors (Lipinski definition) is 6. The van der Waals surface area contributed by atoms with E-state index in [4.69, 9.17) is 21.6 Å². The fourth-order valence-corrected chi connectivity index (χ4v) is 4.80. The van der Waals surface area contributed by atoms with Crippen molar-refractivity contribution in [3.05, 3.63) is 93.4 Å². The Kier molecular flexibility index (Phi) is 5.42. The first kappa shape index (κ1) is 21.1. The molecular formula is C24H16ClIN8. The van der Waals surface area contributed by atoms with Gasteiger partial charge in [-0.1, -0.05) is 72.3 Å². The zero-order chi connectivity index (χ0) is 23.1. The number of imidazole rings is 2. The number of nitrogens with zero attached hydrogens (tertiary/aromatic N) is 8. The second-order valence-electron chi connectivity index (χ2n) is 7.69. The van der Waals surface area contributed by atoms with Crippen molar-refractivity contribution in [2.24, 2.45) is 0 Å². The molecule has 0 bridgehead atoms. The van der Waals surface area contributed by atoms with Gasteiger partial charge in [-0.15, -0.1) is 0 Å². The van der Waals surface area contributed by atoms with Gasteiger partial charge in [0.15, 0.2) is 26.1 Å². The Morgan fingerprint density at radius 1 is 0.676 bits per heavy atom. The molecule has 6 aromatic rings. The van der Waals surface area contributed by atoms with Crippen LogP contribution in [0.25, 0.3) is 33.8 Å². The molecule has 0 aliphatic heterocycles. The molecule has 0 aliphatic rings. The van der Waals surface area contributed by atoms with E-state index in [1.54, 1.807) is 6.33 Å². The molecule has 4 aromatic heterocycles. The molecule has 34 heavy (non-hydrogen) atoms. The van der Waals surface area contributed by atoms with Crippen molar-refractivity contribution in [1.29, 1.82) is 0 Å². The Morgan fingerprint density at radius 3 is 1.94 bits per heavy atom. The topological polar surface area (TPSA) is 87.2 Å². The summed E-state index contributed by atoms with van der Waals surface area (Å²) < 4.78 is 4.90. The quantitative estimate of drug-likeness (QED) is 0.163. The lowest BCUT2D eigenvalue weighted by molar-refractivity contribution is 0.787. The van der Waals surface area contributed by atoms with Crippen LogP contribution in [0.15, 0.2) is 73.3 Å². The molecule has 0 saturated heterocycles. The molecule has 0 fully saturated rings. The Labute approximate surface area is 212 Å². The molecule has 0 amide bonds. The smallest absolute Gasteiger partial charge is 0.173 e. The largest absolute Gasteiger partial charge is 0.303 e. The second kappa shape index (κ2) is 8.73. The number of fused-ring (bicyclic) bond motifs is 2. The summed E-state index contributed by atoms with van der Waals surface area (Å²) in [4.78, 5) is 27.4. The van der Waals surface area contributed by atoms with E-state index < -0.39 is 0 Å². The Bertz CT molecular complexity index is 1630. The van der Waals surface area contributed by atoms with Gasteiger partial charge in [-0.3, -0.25) is 4.57 Å². The first-order chi connectivity index (χ1) is 16.7. The van der Waals surface area contributed by atoms with E-state index in [1.807, 2.05) is 41.0 Å². The van der Waals surface area contributed by atoms with Gasteiger partial charge in [0.25, 0.3) is 0 Å².